The topological polar surface area (TPSA) is 83.7 Å². The van der Waals surface area contributed by atoms with Crippen LogP contribution in [-0.4, -0.2) is 53.8 Å². The summed E-state index contributed by atoms with van der Waals surface area (Å²) in [5.74, 6) is -0.350. The Balaban J connectivity index is 1.34. The summed E-state index contributed by atoms with van der Waals surface area (Å²) in [6.45, 7) is 10.7. The maximum atomic E-state index is 11.3. The van der Waals surface area contributed by atoms with Crippen LogP contribution < -0.4 is 4.90 Å². The van der Waals surface area contributed by atoms with Crippen molar-refractivity contribution in [2.24, 2.45) is 0 Å². The minimum Gasteiger partial charge on any atom is -0.748 e. The van der Waals surface area contributed by atoms with Crippen LogP contribution in [0.2, 0.25) is 0 Å². The highest BCUT2D eigenvalue weighted by atomic mass is 35.5. The molecule has 3 aromatic carbocycles. The third-order valence-electron chi connectivity index (χ3n) is 10.7. The fraction of sp³-hybridized carbons (Fsp3) is 0.405. The molecule has 0 saturated heterocycles. The van der Waals surface area contributed by atoms with E-state index in [2.05, 4.69) is 122 Å². The number of halogens is 1. The van der Waals surface area contributed by atoms with Gasteiger partial charge >= 0.3 is 0 Å². The van der Waals surface area contributed by atoms with Gasteiger partial charge in [-0.05, 0) is 98.1 Å². The number of benzene rings is 3. The molecule has 0 amide bonds. The fourth-order valence-electron chi connectivity index (χ4n) is 8.16. The number of fused-ring (bicyclic) bond motifs is 4. The van der Waals surface area contributed by atoms with E-state index in [-0.39, 0.29) is 23.2 Å². The Morgan fingerprint density at radius 1 is 0.900 bits per heavy atom. The van der Waals surface area contributed by atoms with Gasteiger partial charge in [0, 0.05) is 64.9 Å². The quantitative estimate of drug-likeness (QED) is 0.115. The zero-order valence-corrected chi connectivity index (χ0v) is 31.3. The zero-order valence-electron chi connectivity index (χ0n) is 29.7. The predicted octanol–water partition coefficient (Wildman–Crippen LogP) is 9.16. The molecule has 0 aromatic heterocycles. The molecule has 0 atom stereocenters. The Morgan fingerprint density at radius 3 is 2.44 bits per heavy atom. The van der Waals surface area contributed by atoms with Gasteiger partial charge in [0.2, 0.25) is 5.69 Å². The summed E-state index contributed by atoms with van der Waals surface area (Å²) in [5.41, 5.74) is 9.06. The molecule has 6 rings (SSSR count). The van der Waals surface area contributed by atoms with Crippen molar-refractivity contribution in [3.8, 4) is 0 Å². The minimum absolute atomic E-state index is 0.161. The van der Waals surface area contributed by atoms with Crippen molar-refractivity contribution in [2.45, 2.75) is 83.5 Å². The fourth-order valence-corrected chi connectivity index (χ4v) is 9.03. The summed E-state index contributed by atoms with van der Waals surface area (Å²) in [5, 5.41) is 12.6. The van der Waals surface area contributed by atoms with Crippen molar-refractivity contribution in [1.82, 2.24) is 0 Å². The number of hydrogen-bond donors (Lipinski definition) is 1. The van der Waals surface area contributed by atoms with Crippen molar-refractivity contribution >= 4 is 49.6 Å². The third kappa shape index (κ3) is 7.16. The molecule has 264 valence electrons. The molecule has 0 saturated carbocycles. The number of hydrogen-bond acceptors (Lipinski definition) is 5. The Hall–Kier alpha value is -3.49. The molecule has 0 spiro atoms. The van der Waals surface area contributed by atoms with Crippen LogP contribution in [-0.2, 0) is 20.9 Å². The van der Waals surface area contributed by atoms with E-state index in [1.807, 2.05) is 0 Å². The highest BCUT2D eigenvalue weighted by molar-refractivity contribution is 7.85. The van der Waals surface area contributed by atoms with E-state index in [1.54, 1.807) is 0 Å². The van der Waals surface area contributed by atoms with E-state index in [0.29, 0.717) is 19.4 Å². The van der Waals surface area contributed by atoms with Gasteiger partial charge in [-0.25, -0.2) is 8.42 Å². The van der Waals surface area contributed by atoms with Gasteiger partial charge in [-0.1, -0.05) is 80.1 Å². The van der Waals surface area contributed by atoms with Crippen LogP contribution in [0.3, 0.4) is 0 Å². The number of anilines is 1. The molecule has 0 radical (unpaired) electrons. The second-order valence-corrected chi connectivity index (χ2v) is 16.7. The average molecular weight is 713 g/mol. The summed E-state index contributed by atoms with van der Waals surface area (Å²) in [4.78, 5) is 2.41. The molecule has 0 bridgehead atoms. The van der Waals surface area contributed by atoms with Crippen molar-refractivity contribution in [3.63, 3.8) is 0 Å². The molecule has 8 heteroatoms. The molecule has 0 fully saturated rings. The summed E-state index contributed by atoms with van der Waals surface area (Å²) in [6.07, 6.45) is 14.2. The predicted molar refractivity (Wildman–Crippen MR) is 206 cm³/mol. The van der Waals surface area contributed by atoms with Gasteiger partial charge < -0.3 is 14.6 Å². The zero-order chi connectivity index (χ0) is 35.7. The first-order valence-electron chi connectivity index (χ1n) is 17.9. The first-order chi connectivity index (χ1) is 23.8. The number of aliphatic hydroxyl groups is 1. The number of allylic oxidation sites excluding steroid dienone is 8. The lowest BCUT2D eigenvalue weighted by molar-refractivity contribution is -0.438. The maximum Gasteiger partial charge on any atom is 0.210 e. The maximum absolute atomic E-state index is 11.3. The van der Waals surface area contributed by atoms with Gasteiger partial charge in [-0.3, -0.25) is 0 Å². The van der Waals surface area contributed by atoms with Crippen molar-refractivity contribution < 1.29 is 22.7 Å². The van der Waals surface area contributed by atoms with E-state index in [1.165, 1.54) is 33.3 Å². The molecule has 1 N–H and O–H groups in total. The van der Waals surface area contributed by atoms with Crippen molar-refractivity contribution in [2.75, 3.05) is 30.3 Å². The van der Waals surface area contributed by atoms with Gasteiger partial charge in [0.25, 0.3) is 0 Å². The van der Waals surface area contributed by atoms with E-state index in [0.717, 1.165) is 66.2 Å². The largest absolute Gasteiger partial charge is 0.748 e. The lowest BCUT2D eigenvalue weighted by Gasteiger charge is -2.27. The molecule has 6 nitrogen and oxygen atoms in total. The van der Waals surface area contributed by atoms with Gasteiger partial charge in [0.05, 0.1) is 15.5 Å². The Morgan fingerprint density at radius 2 is 1.66 bits per heavy atom. The number of nitrogens with zero attached hydrogens (tertiary/aromatic N) is 2. The lowest BCUT2D eigenvalue weighted by Crippen LogP contribution is -2.28. The first kappa shape index (κ1) is 36.3. The summed E-state index contributed by atoms with van der Waals surface area (Å²) >= 11 is 7.22. The number of aliphatic hydroxyl groups excluding tert-OH is 1. The number of unbranched alkanes of at least 4 members (excludes halogenated alkanes) is 2. The summed E-state index contributed by atoms with van der Waals surface area (Å²) in [7, 11) is -4.25. The van der Waals surface area contributed by atoms with Gasteiger partial charge in [-0.15, -0.1) is 0 Å². The molecule has 3 aromatic rings. The monoisotopic (exact) mass is 712 g/mol. The lowest BCUT2D eigenvalue weighted by atomic mass is 9.79. The van der Waals surface area contributed by atoms with Crippen LogP contribution in [0.4, 0.5) is 11.4 Å². The van der Waals surface area contributed by atoms with E-state index in [9.17, 15) is 18.1 Å². The van der Waals surface area contributed by atoms with Crippen molar-refractivity contribution in [1.29, 1.82) is 0 Å². The molecule has 2 heterocycles. The van der Waals surface area contributed by atoms with Crippen LogP contribution in [0.15, 0.2) is 107 Å². The Kier molecular flexibility index (Phi) is 10.6. The minimum atomic E-state index is -4.25. The third-order valence-corrected chi connectivity index (χ3v) is 12.0. The van der Waals surface area contributed by atoms with Crippen LogP contribution in [0.5, 0.6) is 0 Å². The molecule has 50 heavy (non-hydrogen) atoms. The molecule has 0 unspecified atom stereocenters. The van der Waals surface area contributed by atoms with Gasteiger partial charge in [-0.2, -0.15) is 4.58 Å². The molecule has 2 aliphatic heterocycles. The number of rotatable bonds is 12. The van der Waals surface area contributed by atoms with Gasteiger partial charge in [0.1, 0.15) is 6.54 Å². The molecular formula is C42H49ClN2O4S. The van der Waals surface area contributed by atoms with Crippen LogP contribution in [0, 0.1) is 0 Å². The Labute approximate surface area is 302 Å². The first-order valence-corrected chi connectivity index (χ1v) is 19.9. The van der Waals surface area contributed by atoms with E-state index in [4.69, 9.17) is 11.6 Å². The average Bonchev–Trinajstić information content (AvgIpc) is 3.43. The second kappa shape index (κ2) is 14.6. The van der Waals surface area contributed by atoms with Crippen molar-refractivity contribution in [3.05, 3.63) is 118 Å². The Bertz CT molecular complexity index is 2050. The summed E-state index contributed by atoms with van der Waals surface area (Å²) < 4.78 is 36.3. The smallest absolute Gasteiger partial charge is 0.210 e. The van der Waals surface area contributed by atoms with Crippen LogP contribution in [0.25, 0.3) is 10.8 Å². The highest BCUT2D eigenvalue weighted by Crippen LogP contribution is 2.48. The molecule has 1 aliphatic carbocycles. The molecular weight excluding hydrogens is 664 g/mol. The highest BCUT2D eigenvalue weighted by Gasteiger charge is 2.45. The molecule has 3 aliphatic rings. The van der Waals surface area contributed by atoms with E-state index >= 15 is 0 Å². The standard InChI is InChI=1S/C42H49ClN2O4S/c1-41(2)34-18-7-8-19-35(34)44(26-9-11-28-46)37(41)24-21-31-15-13-16-32(40(31)43)22-25-38-42(3,4)39-33-17-6-5-14-30(33)20-23-36(39)45(38)27-10-12-29-50(47,48)49/h5-8,14,17-25,46H,9-13,15-16,26-29H2,1-4H3. The SMILES string of the molecule is CC1(C)C(/C=C/C2=C(Cl)C(=C/C=C3/N(CCCCO)c4ccccc4C3(C)C)/CCC2)=[N+](CCCCS(=O)(=O)[O-])c2ccc3ccccc3c21. The van der Waals surface area contributed by atoms with E-state index < -0.39 is 10.1 Å². The second-order valence-electron chi connectivity index (χ2n) is 14.8. The number of para-hydroxylation sites is 1. The van der Waals surface area contributed by atoms with Crippen LogP contribution in [0.1, 0.15) is 83.8 Å². The summed E-state index contributed by atoms with van der Waals surface area (Å²) in [6, 6.07) is 21.4. The normalized spacial score (nSPS) is 20.2. The van der Waals surface area contributed by atoms with Crippen LogP contribution >= 0.6 is 11.6 Å². The van der Waals surface area contributed by atoms with Gasteiger partial charge in [0.15, 0.2) is 5.71 Å².